The highest BCUT2D eigenvalue weighted by Crippen LogP contribution is 2.35. The molecule has 29 heavy (non-hydrogen) atoms. The number of rotatable bonds is 6. The van der Waals surface area contributed by atoms with Crippen LogP contribution in [0.2, 0.25) is 0 Å². The van der Waals surface area contributed by atoms with Gasteiger partial charge in [-0.2, -0.15) is 0 Å². The van der Waals surface area contributed by atoms with Crippen LogP contribution in [0, 0.1) is 11.2 Å². The van der Waals surface area contributed by atoms with Gasteiger partial charge in [-0.1, -0.05) is 20.8 Å². The molecule has 156 valence electrons. The Bertz CT molecular complexity index is 1140. The number of sulfonamides is 1. The predicted octanol–water partition coefficient (Wildman–Crippen LogP) is 5.09. The van der Waals surface area contributed by atoms with Crippen molar-refractivity contribution in [3.05, 3.63) is 40.6 Å². The van der Waals surface area contributed by atoms with Crippen LogP contribution in [-0.2, 0) is 16.6 Å². The summed E-state index contributed by atoms with van der Waals surface area (Å²) in [5.41, 5.74) is 4.45. The molecule has 2 aromatic heterocycles. The number of hydrogen-bond donors (Lipinski definition) is 1. The fourth-order valence-corrected chi connectivity index (χ4v) is 5.77. The average molecular weight is 436 g/mol. The molecule has 0 aliphatic heterocycles. The third-order valence-electron chi connectivity index (χ3n) is 5.12. The molecule has 0 saturated heterocycles. The lowest BCUT2D eigenvalue weighted by Gasteiger charge is -2.20. The SMILES string of the molecule is C[C@@H](NS(=O)(=O)C1CC1)c1cn(CC(C)(C)C)c2cc(-c3cscn3)c(F)cc12. The Labute approximate surface area is 175 Å². The molecule has 3 aromatic rings. The lowest BCUT2D eigenvalue weighted by molar-refractivity contribution is 0.349. The van der Waals surface area contributed by atoms with Crippen LogP contribution < -0.4 is 4.72 Å². The molecule has 1 fully saturated rings. The third-order valence-corrected chi connectivity index (χ3v) is 7.74. The maximum absolute atomic E-state index is 15.0. The number of nitrogens with zero attached hydrogens (tertiary/aromatic N) is 2. The van der Waals surface area contributed by atoms with Gasteiger partial charge in [0, 0.05) is 40.6 Å². The molecule has 0 spiro atoms. The standard InChI is InChI=1S/C21H26FN3O2S2/c1-13(24-29(26,27)14-5-6-14)17-9-25(11-21(2,3)4)20-8-16(18(22)7-15(17)20)19-10-28-12-23-19/h7-10,12-14,24H,5-6,11H2,1-4H3/t13-/m1/s1. The van der Waals surface area contributed by atoms with Gasteiger partial charge < -0.3 is 4.57 Å². The molecule has 5 nitrogen and oxygen atoms in total. The molecule has 0 bridgehead atoms. The molecule has 1 aromatic carbocycles. The van der Waals surface area contributed by atoms with Crippen molar-refractivity contribution in [1.29, 1.82) is 0 Å². The van der Waals surface area contributed by atoms with Gasteiger partial charge in [0.25, 0.3) is 0 Å². The fourth-order valence-electron chi connectivity index (χ4n) is 3.65. The van der Waals surface area contributed by atoms with Gasteiger partial charge in [-0.15, -0.1) is 11.3 Å². The summed E-state index contributed by atoms with van der Waals surface area (Å²) in [4.78, 5) is 4.25. The summed E-state index contributed by atoms with van der Waals surface area (Å²) in [5, 5.41) is 2.27. The minimum absolute atomic E-state index is 0.00908. The first-order chi connectivity index (χ1) is 13.5. The molecular weight excluding hydrogens is 409 g/mol. The van der Waals surface area contributed by atoms with E-state index in [1.54, 1.807) is 5.51 Å². The molecule has 1 saturated carbocycles. The lowest BCUT2D eigenvalue weighted by Crippen LogP contribution is -2.29. The molecule has 1 atom stereocenters. The van der Waals surface area contributed by atoms with Crippen molar-refractivity contribution in [3.63, 3.8) is 0 Å². The van der Waals surface area contributed by atoms with Crippen LogP contribution in [0.3, 0.4) is 0 Å². The second-order valence-corrected chi connectivity index (χ2v) is 11.8. The van der Waals surface area contributed by atoms with Crippen LogP contribution in [0.1, 0.15) is 52.1 Å². The number of aromatic nitrogens is 2. The smallest absolute Gasteiger partial charge is 0.215 e. The summed E-state index contributed by atoms with van der Waals surface area (Å²) in [6.07, 6.45) is 3.37. The molecule has 0 unspecified atom stereocenters. The Kier molecular flexibility index (Phi) is 5.07. The Morgan fingerprint density at radius 3 is 2.66 bits per heavy atom. The number of fused-ring (bicyclic) bond motifs is 1. The quantitative estimate of drug-likeness (QED) is 0.586. The molecular formula is C21H26FN3O2S2. The molecule has 0 radical (unpaired) electrons. The summed E-state index contributed by atoms with van der Waals surface area (Å²) in [6.45, 7) is 8.98. The summed E-state index contributed by atoms with van der Waals surface area (Å²) < 4.78 is 44.7. The van der Waals surface area contributed by atoms with Crippen molar-refractivity contribution in [2.45, 2.75) is 58.4 Å². The minimum atomic E-state index is -3.34. The molecule has 2 heterocycles. The number of hydrogen-bond acceptors (Lipinski definition) is 4. The topological polar surface area (TPSA) is 64.0 Å². The molecule has 1 aliphatic rings. The van der Waals surface area contributed by atoms with E-state index in [1.807, 2.05) is 24.6 Å². The predicted molar refractivity (Wildman–Crippen MR) is 116 cm³/mol. The Morgan fingerprint density at radius 1 is 1.34 bits per heavy atom. The van der Waals surface area contributed by atoms with Crippen molar-refractivity contribution < 1.29 is 12.8 Å². The summed E-state index contributed by atoms with van der Waals surface area (Å²) in [5.74, 6) is -0.351. The zero-order valence-corrected chi connectivity index (χ0v) is 18.7. The highest BCUT2D eigenvalue weighted by Gasteiger charge is 2.37. The first kappa shape index (κ1) is 20.5. The maximum atomic E-state index is 15.0. The fraction of sp³-hybridized carbons (Fsp3) is 0.476. The van der Waals surface area contributed by atoms with Gasteiger partial charge in [0.1, 0.15) is 5.82 Å². The summed E-state index contributed by atoms with van der Waals surface area (Å²) in [7, 11) is -3.34. The van der Waals surface area contributed by atoms with Crippen molar-refractivity contribution >= 4 is 32.3 Å². The summed E-state index contributed by atoms with van der Waals surface area (Å²) in [6, 6.07) is 2.91. The van der Waals surface area contributed by atoms with E-state index in [0.717, 1.165) is 23.0 Å². The van der Waals surface area contributed by atoms with Crippen molar-refractivity contribution in [1.82, 2.24) is 14.3 Å². The van der Waals surface area contributed by atoms with E-state index in [0.29, 0.717) is 24.1 Å². The first-order valence-corrected chi connectivity index (χ1v) is 12.3. The normalized spacial score (nSPS) is 16.4. The van der Waals surface area contributed by atoms with Crippen LogP contribution in [0.15, 0.2) is 29.2 Å². The molecule has 1 N–H and O–H groups in total. The van der Waals surface area contributed by atoms with Crippen LogP contribution in [0.5, 0.6) is 0 Å². The van der Waals surface area contributed by atoms with E-state index in [1.165, 1.54) is 17.4 Å². The minimum Gasteiger partial charge on any atom is -0.347 e. The van der Waals surface area contributed by atoms with E-state index in [2.05, 4.69) is 35.0 Å². The number of benzene rings is 1. The monoisotopic (exact) mass is 435 g/mol. The third kappa shape index (κ3) is 4.25. The van der Waals surface area contributed by atoms with Gasteiger partial charge >= 0.3 is 0 Å². The zero-order chi connectivity index (χ0) is 21.0. The van der Waals surface area contributed by atoms with E-state index in [-0.39, 0.29) is 16.5 Å². The number of halogens is 1. The highest BCUT2D eigenvalue weighted by atomic mass is 32.2. The first-order valence-electron chi connectivity index (χ1n) is 9.77. The van der Waals surface area contributed by atoms with Gasteiger partial charge in [-0.25, -0.2) is 22.5 Å². The van der Waals surface area contributed by atoms with Crippen LogP contribution in [-0.4, -0.2) is 23.2 Å². The van der Waals surface area contributed by atoms with Crippen LogP contribution >= 0.6 is 11.3 Å². The second kappa shape index (κ2) is 7.18. The van der Waals surface area contributed by atoms with Gasteiger partial charge in [0.2, 0.25) is 10.0 Å². The van der Waals surface area contributed by atoms with Gasteiger partial charge in [-0.05, 0) is 42.9 Å². The lowest BCUT2D eigenvalue weighted by atomic mass is 9.97. The second-order valence-electron chi connectivity index (χ2n) is 9.08. The van der Waals surface area contributed by atoms with Crippen LogP contribution in [0.4, 0.5) is 4.39 Å². The number of thiazole rings is 1. The molecule has 1 aliphatic carbocycles. The van der Waals surface area contributed by atoms with E-state index in [4.69, 9.17) is 0 Å². The average Bonchev–Trinajstić information content (AvgIpc) is 3.24. The van der Waals surface area contributed by atoms with E-state index in [9.17, 15) is 12.8 Å². The Balaban J connectivity index is 1.83. The van der Waals surface area contributed by atoms with Crippen molar-refractivity contribution in [3.8, 4) is 11.3 Å². The molecule has 0 amide bonds. The largest absolute Gasteiger partial charge is 0.347 e. The highest BCUT2D eigenvalue weighted by molar-refractivity contribution is 7.90. The molecule has 4 rings (SSSR count). The van der Waals surface area contributed by atoms with E-state index < -0.39 is 16.1 Å². The van der Waals surface area contributed by atoms with Crippen LogP contribution in [0.25, 0.3) is 22.2 Å². The van der Waals surface area contributed by atoms with Gasteiger partial charge in [0.15, 0.2) is 0 Å². The molecule has 8 heteroatoms. The zero-order valence-electron chi connectivity index (χ0n) is 17.1. The maximum Gasteiger partial charge on any atom is 0.215 e. The Hall–Kier alpha value is -1.77. The van der Waals surface area contributed by atoms with E-state index >= 15 is 0 Å². The Morgan fingerprint density at radius 2 is 2.07 bits per heavy atom. The number of nitrogens with one attached hydrogen (secondary N) is 1. The summed E-state index contributed by atoms with van der Waals surface area (Å²) >= 11 is 1.43. The van der Waals surface area contributed by atoms with Crippen molar-refractivity contribution in [2.24, 2.45) is 5.41 Å². The van der Waals surface area contributed by atoms with Gasteiger partial charge in [0.05, 0.1) is 16.5 Å². The van der Waals surface area contributed by atoms with Crippen molar-refractivity contribution in [2.75, 3.05) is 0 Å². The van der Waals surface area contributed by atoms with Gasteiger partial charge in [-0.3, -0.25) is 0 Å².